The second-order valence-electron chi connectivity index (χ2n) is 7.57. The number of hydrogen-bond donors (Lipinski definition) is 1. The largest absolute Gasteiger partial charge is 0.318 e. The van der Waals surface area contributed by atoms with Gasteiger partial charge in [-0.15, -0.1) is 10.2 Å². The Morgan fingerprint density at radius 1 is 1.13 bits per heavy atom. The van der Waals surface area contributed by atoms with Crippen molar-refractivity contribution >= 4 is 17.2 Å². The molecular weight excluding hydrogens is 383 g/mol. The van der Waals surface area contributed by atoms with Crippen LogP contribution in [0.3, 0.4) is 0 Å². The van der Waals surface area contributed by atoms with Crippen LogP contribution in [0, 0.1) is 12.7 Å². The Kier molecular flexibility index (Phi) is 4.54. The molecule has 4 aromatic rings. The number of fused-ring (bicyclic) bond motifs is 2. The van der Waals surface area contributed by atoms with Gasteiger partial charge in [0, 0.05) is 30.4 Å². The lowest BCUT2D eigenvalue weighted by atomic mass is 10.1. The first kappa shape index (κ1) is 18.5. The van der Waals surface area contributed by atoms with E-state index in [9.17, 15) is 9.18 Å². The third-order valence-electron chi connectivity index (χ3n) is 5.51. The van der Waals surface area contributed by atoms with Crippen LogP contribution in [0.1, 0.15) is 41.3 Å². The minimum absolute atomic E-state index is 0.0947. The fraction of sp³-hybridized carbons (Fsp3) is 0.273. The monoisotopic (exact) mass is 404 g/mol. The predicted molar refractivity (Wildman–Crippen MR) is 111 cm³/mol. The minimum Gasteiger partial charge on any atom is -0.318 e. The normalized spacial score (nSPS) is 13.8. The smallest absolute Gasteiger partial charge is 0.275 e. The van der Waals surface area contributed by atoms with E-state index in [1.165, 1.54) is 6.07 Å². The van der Waals surface area contributed by atoms with Crippen LogP contribution in [0.15, 0.2) is 42.6 Å². The van der Waals surface area contributed by atoms with Gasteiger partial charge in [0.25, 0.3) is 5.91 Å². The Morgan fingerprint density at radius 2 is 2.03 bits per heavy atom. The van der Waals surface area contributed by atoms with Crippen LogP contribution in [0.2, 0.25) is 0 Å². The van der Waals surface area contributed by atoms with Gasteiger partial charge in [0.05, 0.1) is 5.69 Å². The zero-order chi connectivity index (χ0) is 20.7. The van der Waals surface area contributed by atoms with Gasteiger partial charge in [0.15, 0.2) is 5.82 Å². The molecule has 0 unspecified atom stereocenters. The summed E-state index contributed by atoms with van der Waals surface area (Å²) >= 11 is 0. The number of anilines is 1. The fourth-order valence-electron chi connectivity index (χ4n) is 3.90. The number of carbonyl (C=O) groups is 1. The number of benzene rings is 1. The van der Waals surface area contributed by atoms with Gasteiger partial charge in [-0.05, 0) is 50.1 Å². The molecule has 152 valence electrons. The number of nitrogens with one attached hydrogen (secondary N) is 1. The van der Waals surface area contributed by atoms with Gasteiger partial charge in [-0.3, -0.25) is 4.79 Å². The highest BCUT2D eigenvalue weighted by Crippen LogP contribution is 2.27. The zero-order valence-electron chi connectivity index (χ0n) is 16.6. The molecule has 0 atom stereocenters. The van der Waals surface area contributed by atoms with Crippen LogP contribution in [0.5, 0.6) is 0 Å². The topological polar surface area (TPSA) is 77.1 Å². The first-order valence-electron chi connectivity index (χ1n) is 10.1. The van der Waals surface area contributed by atoms with Gasteiger partial charge in [-0.1, -0.05) is 12.5 Å². The van der Waals surface area contributed by atoms with Gasteiger partial charge in [-0.25, -0.2) is 9.37 Å². The Hall–Kier alpha value is -3.55. The molecule has 4 heterocycles. The van der Waals surface area contributed by atoms with Crippen molar-refractivity contribution in [1.29, 1.82) is 0 Å². The van der Waals surface area contributed by atoms with Gasteiger partial charge < -0.3 is 14.3 Å². The molecule has 1 aliphatic heterocycles. The first-order valence-corrected chi connectivity index (χ1v) is 10.1. The van der Waals surface area contributed by atoms with E-state index in [4.69, 9.17) is 0 Å². The van der Waals surface area contributed by atoms with Crippen LogP contribution >= 0.6 is 0 Å². The molecule has 1 amide bonds. The number of aryl methyl sites for hydroxylation is 2. The molecule has 7 nitrogen and oxygen atoms in total. The zero-order valence-corrected chi connectivity index (χ0v) is 16.6. The van der Waals surface area contributed by atoms with Crippen LogP contribution in [-0.2, 0) is 13.0 Å². The maximum absolute atomic E-state index is 14.5. The number of pyridine rings is 1. The SMILES string of the molecule is Cc1cccc2nc(C(=O)Nc3cc(-c4nnc5n4CCCCC5)ccc3F)cn12. The van der Waals surface area contributed by atoms with Crippen molar-refractivity contribution in [3.05, 3.63) is 65.6 Å². The quantitative estimate of drug-likeness (QED) is 0.560. The molecule has 5 rings (SSSR count). The molecule has 0 saturated heterocycles. The summed E-state index contributed by atoms with van der Waals surface area (Å²) in [5, 5.41) is 11.3. The molecule has 1 aliphatic rings. The van der Waals surface area contributed by atoms with Crippen molar-refractivity contribution in [3.8, 4) is 11.4 Å². The highest BCUT2D eigenvalue weighted by atomic mass is 19.1. The summed E-state index contributed by atoms with van der Waals surface area (Å²) in [6, 6.07) is 10.3. The van der Waals surface area contributed by atoms with Crippen LogP contribution < -0.4 is 5.32 Å². The standard InChI is InChI=1S/C22H21FN6O/c1-14-6-5-8-19-24-18(13-29(14)19)22(30)25-17-12-15(9-10-16(17)23)21-27-26-20-7-3-2-4-11-28(20)21/h5-6,8-10,12-13H,2-4,7,11H2,1H3,(H,25,30). The highest BCUT2D eigenvalue weighted by molar-refractivity contribution is 6.03. The fourth-order valence-corrected chi connectivity index (χ4v) is 3.90. The number of imidazole rings is 1. The maximum atomic E-state index is 14.5. The van der Waals surface area contributed by atoms with Gasteiger partial charge in [0.2, 0.25) is 0 Å². The molecule has 1 aromatic carbocycles. The number of halogens is 1. The molecule has 0 radical (unpaired) electrons. The first-order chi connectivity index (χ1) is 14.6. The van der Waals surface area contributed by atoms with Gasteiger partial charge >= 0.3 is 0 Å². The summed E-state index contributed by atoms with van der Waals surface area (Å²) in [4.78, 5) is 17.1. The summed E-state index contributed by atoms with van der Waals surface area (Å²) < 4.78 is 18.4. The average molecular weight is 404 g/mol. The molecule has 0 bridgehead atoms. The Labute approximate surface area is 172 Å². The van der Waals surface area contributed by atoms with Crippen molar-refractivity contribution in [1.82, 2.24) is 24.1 Å². The highest BCUT2D eigenvalue weighted by Gasteiger charge is 2.19. The Balaban J connectivity index is 1.46. The second kappa shape index (κ2) is 7.37. The molecule has 1 N–H and O–H groups in total. The van der Waals surface area contributed by atoms with Crippen molar-refractivity contribution in [3.63, 3.8) is 0 Å². The molecule has 0 saturated carbocycles. The summed E-state index contributed by atoms with van der Waals surface area (Å²) in [5.74, 6) is 0.681. The van der Waals surface area contributed by atoms with E-state index >= 15 is 0 Å². The predicted octanol–water partition coefficient (Wildman–Crippen LogP) is 4.02. The van der Waals surface area contributed by atoms with Crippen LogP contribution in [-0.4, -0.2) is 30.1 Å². The van der Waals surface area contributed by atoms with Crippen LogP contribution in [0.25, 0.3) is 17.0 Å². The van der Waals surface area contributed by atoms with Gasteiger partial charge in [-0.2, -0.15) is 0 Å². The van der Waals surface area contributed by atoms with Crippen molar-refractivity contribution in [2.75, 3.05) is 5.32 Å². The minimum atomic E-state index is -0.511. The van der Waals surface area contributed by atoms with E-state index < -0.39 is 11.7 Å². The van der Waals surface area contributed by atoms with Crippen molar-refractivity contribution < 1.29 is 9.18 Å². The number of amides is 1. The molecule has 8 heteroatoms. The molecule has 0 aliphatic carbocycles. The maximum Gasteiger partial charge on any atom is 0.275 e. The van der Waals surface area contributed by atoms with Crippen molar-refractivity contribution in [2.45, 2.75) is 39.2 Å². The molecule has 30 heavy (non-hydrogen) atoms. The van der Waals surface area contributed by atoms with E-state index in [2.05, 4.69) is 25.1 Å². The number of rotatable bonds is 3. The summed E-state index contributed by atoms with van der Waals surface area (Å²) in [6.07, 6.45) is 5.87. The van der Waals surface area contributed by atoms with Crippen molar-refractivity contribution in [2.24, 2.45) is 0 Å². The van der Waals surface area contributed by atoms with E-state index in [0.717, 1.165) is 49.3 Å². The van der Waals surface area contributed by atoms with E-state index in [1.54, 1.807) is 18.3 Å². The molecule has 3 aromatic heterocycles. The third kappa shape index (κ3) is 3.24. The molecular formula is C22H21FN6O. The third-order valence-corrected chi connectivity index (χ3v) is 5.51. The van der Waals surface area contributed by atoms with Gasteiger partial charge in [0.1, 0.15) is 23.0 Å². The summed E-state index contributed by atoms with van der Waals surface area (Å²) in [7, 11) is 0. The number of nitrogens with zero attached hydrogens (tertiary/aromatic N) is 5. The van der Waals surface area contributed by atoms with E-state index in [1.807, 2.05) is 29.5 Å². The number of aromatic nitrogens is 5. The summed E-state index contributed by atoms with van der Waals surface area (Å²) in [5.41, 5.74) is 2.67. The Bertz CT molecular complexity index is 1260. The average Bonchev–Trinajstić information content (AvgIpc) is 3.28. The number of carbonyl (C=O) groups excluding carboxylic acids is 1. The lowest BCUT2D eigenvalue weighted by molar-refractivity contribution is 0.102. The molecule has 0 spiro atoms. The van der Waals surface area contributed by atoms with E-state index in [-0.39, 0.29) is 11.4 Å². The lowest BCUT2D eigenvalue weighted by Crippen LogP contribution is -2.13. The second-order valence-corrected chi connectivity index (χ2v) is 7.57. The summed E-state index contributed by atoms with van der Waals surface area (Å²) in [6.45, 7) is 2.78. The number of hydrogen-bond acceptors (Lipinski definition) is 4. The Morgan fingerprint density at radius 3 is 2.90 bits per heavy atom. The molecule has 0 fully saturated rings. The van der Waals surface area contributed by atoms with E-state index in [0.29, 0.717) is 11.5 Å². The van der Waals surface area contributed by atoms with Crippen LogP contribution in [0.4, 0.5) is 10.1 Å². The lowest BCUT2D eigenvalue weighted by Gasteiger charge is -2.10.